The molecule has 1 aromatic heterocycles. The Kier molecular flexibility index (Phi) is 4.03. The van der Waals surface area contributed by atoms with E-state index < -0.39 is 5.97 Å². The monoisotopic (exact) mass is 210 g/mol. The molecule has 0 aromatic carbocycles. The number of hydrogen-bond acceptors (Lipinski definition) is 4. The summed E-state index contributed by atoms with van der Waals surface area (Å²) in [4.78, 5) is 18.3. The van der Waals surface area contributed by atoms with E-state index >= 15 is 0 Å². The van der Waals surface area contributed by atoms with E-state index in [-0.39, 0.29) is 13.0 Å². The number of aromatic nitrogens is 2. The van der Waals surface area contributed by atoms with Gasteiger partial charge in [0.15, 0.2) is 0 Å². The van der Waals surface area contributed by atoms with Crippen LogP contribution in [0.15, 0.2) is 6.33 Å². The maximum Gasteiger partial charge on any atom is 0.306 e. The number of hydrogen-bond donors (Lipinski definition) is 1. The highest BCUT2D eigenvalue weighted by atomic mass is 16.5. The third kappa shape index (κ3) is 3.19. The molecule has 0 fully saturated rings. The third-order valence-electron chi connectivity index (χ3n) is 2.03. The molecule has 82 valence electrons. The summed E-state index contributed by atoms with van der Waals surface area (Å²) in [5, 5.41) is 8.46. The Hall–Kier alpha value is -1.65. The smallest absolute Gasteiger partial charge is 0.306 e. The minimum absolute atomic E-state index is 0.0216. The summed E-state index contributed by atoms with van der Waals surface area (Å²) >= 11 is 0. The summed E-state index contributed by atoms with van der Waals surface area (Å²) < 4.78 is 5.29. The van der Waals surface area contributed by atoms with Crippen molar-refractivity contribution in [3.63, 3.8) is 0 Å². The Morgan fingerprint density at radius 1 is 1.53 bits per heavy atom. The summed E-state index contributed by atoms with van der Waals surface area (Å²) in [6.45, 7) is 4.00. The highest BCUT2D eigenvalue weighted by Crippen LogP contribution is 2.17. The second-order valence-corrected chi connectivity index (χ2v) is 3.09. The lowest BCUT2D eigenvalue weighted by atomic mass is 10.2. The highest BCUT2D eigenvalue weighted by molar-refractivity contribution is 5.66. The first-order chi connectivity index (χ1) is 7.15. The Balaban J connectivity index is 2.67. The van der Waals surface area contributed by atoms with Gasteiger partial charge in [0.2, 0.25) is 5.88 Å². The van der Waals surface area contributed by atoms with Crippen molar-refractivity contribution in [3.8, 4) is 5.88 Å². The van der Waals surface area contributed by atoms with E-state index in [1.165, 1.54) is 6.33 Å². The maximum absolute atomic E-state index is 10.3. The van der Waals surface area contributed by atoms with E-state index in [0.29, 0.717) is 5.88 Å². The molecule has 5 nitrogen and oxygen atoms in total. The van der Waals surface area contributed by atoms with Gasteiger partial charge >= 0.3 is 5.97 Å². The van der Waals surface area contributed by atoms with Gasteiger partial charge in [0, 0.05) is 11.3 Å². The Bertz CT molecular complexity index is 353. The summed E-state index contributed by atoms with van der Waals surface area (Å²) in [6.07, 6.45) is 2.17. The molecule has 0 bridgehead atoms. The molecule has 0 amide bonds. The summed E-state index contributed by atoms with van der Waals surface area (Å²) in [5.41, 5.74) is 1.81. The number of carbonyl (C=O) groups is 1. The van der Waals surface area contributed by atoms with Crippen LogP contribution in [-0.4, -0.2) is 27.7 Å². The number of ether oxygens (including phenoxy) is 1. The fourth-order valence-corrected chi connectivity index (χ4v) is 1.24. The molecular weight excluding hydrogens is 196 g/mol. The van der Waals surface area contributed by atoms with E-state index in [2.05, 4.69) is 9.97 Å². The molecule has 0 aliphatic carbocycles. The van der Waals surface area contributed by atoms with Crippen molar-refractivity contribution < 1.29 is 14.6 Å². The molecule has 0 saturated heterocycles. The van der Waals surface area contributed by atoms with Crippen LogP contribution in [0.25, 0.3) is 0 Å². The van der Waals surface area contributed by atoms with Gasteiger partial charge in [-0.3, -0.25) is 4.79 Å². The molecule has 0 radical (unpaired) electrons. The maximum atomic E-state index is 10.3. The fraction of sp³-hybridized carbons (Fsp3) is 0.500. The van der Waals surface area contributed by atoms with E-state index in [9.17, 15) is 4.79 Å². The summed E-state index contributed by atoms with van der Waals surface area (Å²) in [7, 11) is 0. The number of aryl methyl sites for hydroxylation is 1. The van der Waals surface area contributed by atoms with Crippen LogP contribution >= 0.6 is 0 Å². The second kappa shape index (κ2) is 5.29. The van der Waals surface area contributed by atoms with Crippen LogP contribution in [0, 0.1) is 6.92 Å². The van der Waals surface area contributed by atoms with Gasteiger partial charge in [-0.2, -0.15) is 0 Å². The Morgan fingerprint density at radius 3 is 2.87 bits per heavy atom. The van der Waals surface area contributed by atoms with Crippen LogP contribution in [0.3, 0.4) is 0 Å². The van der Waals surface area contributed by atoms with Crippen molar-refractivity contribution in [2.75, 3.05) is 6.61 Å². The molecule has 1 aromatic rings. The van der Waals surface area contributed by atoms with Gasteiger partial charge in [-0.05, 0) is 13.3 Å². The SMILES string of the molecule is CCc1c(C)ncnc1OCCC(=O)O. The number of rotatable bonds is 5. The second-order valence-electron chi connectivity index (χ2n) is 3.09. The Morgan fingerprint density at radius 2 is 2.27 bits per heavy atom. The van der Waals surface area contributed by atoms with Gasteiger partial charge in [0.1, 0.15) is 12.9 Å². The lowest BCUT2D eigenvalue weighted by molar-refractivity contribution is -0.137. The van der Waals surface area contributed by atoms with Crippen LogP contribution in [0.1, 0.15) is 24.6 Å². The molecule has 1 rings (SSSR count). The summed E-state index contributed by atoms with van der Waals surface area (Å²) in [5.74, 6) is -0.384. The van der Waals surface area contributed by atoms with Gasteiger partial charge < -0.3 is 9.84 Å². The van der Waals surface area contributed by atoms with Crippen molar-refractivity contribution >= 4 is 5.97 Å². The lowest BCUT2D eigenvalue weighted by Gasteiger charge is -2.09. The van der Waals surface area contributed by atoms with Crippen LogP contribution in [0.5, 0.6) is 5.88 Å². The molecule has 0 spiro atoms. The largest absolute Gasteiger partial charge is 0.481 e. The molecule has 0 unspecified atom stereocenters. The highest BCUT2D eigenvalue weighted by Gasteiger charge is 2.08. The van der Waals surface area contributed by atoms with Gasteiger partial charge in [-0.15, -0.1) is 0 Å². The molecule has 5 heteroatoms. The topological polar surface area (TPSA) is 72.3 Å². The van der Waals surface area contributed by atoms with Gasteiger partial charge in [0.05, 0.1) is 6.42 Å². The average Bonchev–Trinajstić information content (AvgIpc) is 2.17. The van der Waals surface area contributed by atoms with E-state index in [1.807, 2.05) is 13.8 Å². The molecular formula is C10H14N2O3. The van der Waals surface area contributed by atoms with Crippen molar-refractivity contribution in [1.82, 2.24) is 9.97 Å². The molecule has 0 aliphatic heterocycles. The zero-order valence-electron chi connectivity index (χ0n) is 8.86. The third-order valence-corrected chi connectivity index (χ3v) is 2.03. The van der Waals surface area contributed by atoms with E-state index in [4.69, 9.17) is 9.84 Å². The van der Waals surface area contributed by atoms with Crippen molar-refractivity contribution in [3.05, 3.63) is 17.6 Å². The number of nitrogens with zero attached hydrogens (tertiary/aromatic N) is 2. The minimum atomic E-state index is -0.876. The van der Waals surface area contributed by atoms with Crippen LogP contribution in [-0.2, 0) is 11.2 Å². The number of aliphatic carboxylic acids is 1. The zero-order chi connectivity index (χ0) is 11.3. The Labute approximate surface area is 88.1 Å². The quantitative estimate of drug-likeness (QED) is 0.790. The summed E-state index contributed by atoms with van der Waals surface area (Å²) in [6, 6.07) is 0. The first kappa shape index (κ1) is 11.4. The molecule has 0 atom stereocenters. The van der Waals surface area contributed by atoms with Gasteiger partial charge in [0.25, 0.3) is 0 Å². The minimum Gasteiger partial charge on any atom is -0.481 e. The molecule has 1 heterocycles. The first-order valence-electron chi connectivity index (χ1n) is 4.80. The molecule has 1 N–H and O–H groups in total. The van der Waals surface area contributed by atoms with Crippen molar-refractivity contribution in [2.45, 2.75) is 26.7 Å². The zero-order valence-corrected chi connectivity index (χ0v) is 8.86. The number of carboxylic acid groups (broad SMARTS) is 1. The van der Waals surface area contributed by atoms with Crippen LogP contribution in [0.4, 0.5) is 0 Å². The van der Waals surface area contributed by atoms with Gasteiger partial charge in [-0.1, -0.05) is 6.92 Å². The normalized spacial score (nSPS) is 10.0. The fourth-order valence-electron chi connectivity index (χ4n) is 1.24. The van der Waals surface area contributed by atoms with Gasteiger partial charge in [-0.25, -0.2) is 9.97 Å². The standard InChI is InChI=1S/C10H14N2O3/c1-3-8-7(2)11-6-12-10(8)15-5-4-9(13)14/h6H,3-5H2,1-2H3,(H,13,14). The van der Waals surface area contributed by atoms with Crippen molar-refractivity contribution in [1.29, 1.82) is 0 Å². The molecule has 0 aliphatic rings. The van der Waals surface area contributed by atoms with Crippen LogP contribution in [0.2, 0.25) is 0 Å². The van der Waals surface area contributed by atoms with Crippen molar-refractivity contribution in [2.24, 2.45) is 0 Å². The van der Waals surface area contributed by atoms with E-state index in [0.717, 1.165) is 17.7 Å². The predicted molar refractivity (Wildman–Crippen MR) is 53.9 cm³/mol. The van der Waals surface area contributed by atoms with E-state index in [1.54, 1.807) is 0 Å². The first-order valence-corrected chi connectivity index (χ1v) is 4.80. The lowest BCUT2D eigenvalue weighted by Crippen LogP contribution is -2.08. The molecule has 15 heavy (non-hydrogen) atoms. The predicted octanol–water partition coefficient (Wildman–Crippen LogP) is 1.20. The molecule has 0 saturated carbocycles. The van der Waals surface area contributed by atoms with Crippen LogP contribution < -0.4 is 4.74 Å². The number of carboxylic acids is 1. The average molecular weight is 210 g/mol.